The molecule has 1 saturated heterocycles. The van der Waals surface area contributed by atoms with Gasteiger partial charge in [-0.3, -0.25) is 14.4 Å². The summed E-state index contributed by atoms with van der Waals surface area (Å²) in [5.41, 5.74) is 1.24. The molecule has 0 aromatic heterocycles. The van der Waals surface area contributed by atoms with Crippen molar-refractivity contribution < 1.29 is 14.4 Å². The quantitative estimate of drug-likeness (QED) is 0.849. The van der Waals surface area contributed by atoms with Crippen LogP contribution in [0, 0.1) is 0 Å². The maximum Gasteiger partial charge on any atom is 0.254 e. The maximum atomic E-state index is 13.2. The molecule has 0 spiro atoms. The summed E-state index contributed by atoms with van der Waals surface area (Å²) in [5.74, 6) is 0.112. The summed E-state index contributed by atoms with van der Waals surface area (Å²) >= 11 is 0. The Hall–Kier alpha value is -2.37. The number of nitrogens with zero attached hydrogens (tertiary/aromatic N) is 2. The number of fused-ring (bicyclic) bond motifs is 1. The van der Waals surface area contributed by atoms with Crippen molar-refractivity contribution in [2.24, 2.45) is 0 Å². The number of carbonyl (C=O) groups excluding carboxylic acids is 3. The molecular weight excluding hydrogens is 366 g/mol. The van der Waals surface area contributed by atoms with E-state index in [4.69, 9.17) is 0 Å². The third-order valence-corrected chi connectivity index (χ3v) is 6.99. The molecule has 0 bridgehead atoms. The number of carbonyl (C=O) groups is 3. The molecule has 156 valence electrons. The van der Waals surface area contributed by atoms with Crippen molar-refractivity contribution in [3.8, 4) is 0 Å². The molecular formula is C23H31N3O3. The second-order valence-corrected chi connectivity index (χ2v) is 8.86. The lowest BCUT2D eigenvalue weighted by Gasteiger charge is -2.47. The minimum atomic E-state index is -0.527. The van der Waals surface area contributed by atoms with Gasteiger partial charge in [0.25, 0.3) is 5.91 Å². The Kier molecular flexibility index (Phi) is 5.61. The van der Waals surface area contributed by atoms with E-state index in [9.17, 15) is 14.4 Å². The Labute approximate surface area is 172 Å². The number of hydrogen-bond acceptors (Lipinski definition) is 3. The largest absolute Gasteiger partial charge is 0.353 e. The molecule has 4 rings (SSSR count). The molecule has 3 amide bonds. The highest BCUT2D eigenvalue weighted by atomic mass is 16.2. The van der Waals surface area contributed by atoms with Crippen LogP contribution >= 0.6 is 0 Å². The van der Waals surface area contributed by atoms with E-state index in [1.165, 1.54) is 19.3 Å². The number of rotatable bonds is 4. The first-order chi connectivity index (χ1) is 14.0. The highest BCUT2D eigenvalue weighted by Gasteiger charge is 2.47. The fraction of sp³-hybridized carbons (Fsp3) is 0.609. The number of hydrogen-bond donors (Lipinski definition) is 1. The van der Waals surface area contributed by atoms with Crippen LogP contribution in [0.4, 0.5) is 0 Å². The summed E-state index contributed by atoms with van der Waals surface area (Å²) in [4.78, 5) is 41.8. The van der Waals surface area contributed by atoms with Gasteiger partial charge >= 0.3 is 0 Å². The summed E-state index contributed by atoms with van der Waals surface area (Å²) in [6.45, 7) is 3.31. The molecule has 1 aromatic rings. The van der Waals surface area contributed by atoms with Crippen molar-refractivity contribution in [3.63, 3.8) is 0 Å². The summed E-state index contributed by atoms with van der Waals surface area (Å²) in [7, 11) is 0. The Morgan fingerprint density at radius 3 is 2.45 bits per heavy atom. The fourth-order valence-electron chi connectivity index (χ4n) is 5.24. The summed E-state index contributed by atoms with van der Waals surface area (Å²) in [6.07, 6.45) is 7.28. The monoisotopic (exact) mass is 397 g/mol. The van der Waals surface area contributed by atoms with E-state index in [1.54, 1.807) is 6.92 Å². The lowest BCUT2D eigenvalue weighted by atomic mass is 9.81. The van der Waals surface area contributed by atoms with Crippen molar-refractivity contribution in [2.75, 3.05) is 13.1 Å². The topological polar surface area (TPSA) is 69.7 Å². The second kappa shape index (κ2) is 8.17. The minimum absolute atomic E-state index is 0.0161. The zero-order valence-electron chi connectivity index (χ0n) is 17.3. The van der Waals surface area contributed by atoms with Gasteiger partial charge in [0.15, 0.2) is 0 Å². The van der Waals surface area contributed by atoms with Crippen molar-refractivity contribution in [2.45, 2.75) is 76.4 Å². The Bertz CT molecular complexity index is 792. The van der Waals surface area contributed by atoms with Gasteiger partial charge in [-0.15, -0.1) is 0 Å². The van der Waals surface area contributed by atoms with Crippen LogP contribution in [0.3, 0.4) is 0 Å². The summed E-state index contributed by atoms with van der Waals surface area (Å²) < 4.78 is 0. The molecule has 6 nitrogen and oxygen atoms in total. The van der Waals surface area contributed by atoms with E-state index < -0.39 is 5.54 Å². The highest BCUT2D eigenvalue weighted by Crippen LogP contribution is 2.38. The minimum Gasteiger partial charge on any atom is -0.353 e. The molecule has 2 fully saturated rings. The zero-order chi connectivity index (χ0) is 20.4. The SMILES string of the molecule is CC(=O)N1CCC(CC(=O)NC2CCCCC2)(N2Cc3ccccc3C2=O)CC1. The second-order valence-electron chi connectivity index (χ2n) is 8.86. The van der Waals surface area contributed by atoms with Crippen molar-refractivity contribution >= 4 is 17.7 Å². The molecule has 2 heterocycles. The van der Waals surface area contributed by atoms with Gasteiger partial charge in [-0.1, -0.05) is 37.5 Å². The summed E-state index contributed by atoms with van der Waals surface area (Å²) in [6, 6.07) is 7.97. The first-order valence-corrected chi connectivity index (χ1v) is 10.9. The van der Waals surface area contributed by atoms with Gasteiger partial charge < -0.3 is 15.1 Å². The van der Waals surface area contributed by atoms with Crippen LogP contribution in [-0.2, 0) is 16.1 Å². The van der Waals surface area contributed by atoms with Gasteiger partial charge in [0.1, 0.15) is 0 Å². The van der Waals surface area contributed by atoms with E-state index in [1.807, 2.05) is 34.1 Å². The fourth-order valence-corrected chi connectivity index (χ4v) is 5.24. The van der Waals surface area contributed by atoms with Crippen molar-refractivity contribution in [1.82, 2.24) is 15.1 Å². The van der Waals surface area contributed by atoms with Gasteiger partial charge in [-0.25, -0.2) is 0 Å². The smallest absolute Gasteiger partial charge is 0.254 e. The van der Waals surface area contributed by atoms with Crippen LogP contribution in [0.2, 0.25) is 0 Å². The van der Waals surface area contributed by atoms with Gasteiger partial charge in [-0.05, 0) is 37.3 Å². The normalized spacial score (nSPS) is 21.8. The molecule has 1 saturated carbocycles. The number of benzene rings is 1. The summed E-state index contributed by atoms with van der Waals surface area (Å²) in [5, 5.41) is 3.23. The molecule has 0 atom stereocenters. The van der Waals surface area contributed by atoms with E-state index in [0.717, 1.165) is 24.0 Å². The van der Waals surface area contributed by atoms with E-state index in [2.05, 4.69) is 5.32 Å². The Balaban J connectivity index is 1.53. The van der Waals surface area contributed by atoms with Gasteiger partial charge in [0, 0.05) is 38.2 Å². The third-order valence-electron chi connectivity index (χ3n) is 6.99. The van der Waals surface area contributed by atoms with Crippen molar-refractivity contribution in [1.29, 1.82) is 0 Å². The average Bonchev–Trinajstić information content (AvgIpc) is 3.06. The first kappa shape index (κ1) is 19.9. The lowest BCUT2D eigenvalue weighted by Crippen LogP contribution is -2.58. The maximum absolute atomic E-state index is 13.2. The molecule has 2 aliphatic heterocycles. The predicted octanol–water partition coefficient (Wildman–Crippen LogP) is 2.86. The van der Waals surface area contributed by atoms with Crippen LogP contribution in [0.1, 0.15) is 74.2 Å². The van der Waals surface area contributed by atoms with Crippen LogP contribution in [-0.4, -0.2) is 52.2 Å². The standard InChI is InChI=1S/C23H31N3O3/c1-17(27)25-13-11-23(12-14-25,15-21(28)24-19-8-3-2-4-9-19)26-16-18-7-5-6-10-20(18)22(26)29/h5-7,10,19H,2-4,8-9,11-16H2,1H3,(H,24,28). The highest BCUT2D eigenvalue weighted by molar-refractivity contribution is 5.99. The van der Waals surface area contributed by atoms with E-state index in [0.29, 0.717) is 38.9 Å². The average molecular weight is 398 g/mol. The van der Waals surface area contributed by atoms with Gasteiger partial charge in [0.05, 0.1) is 12.0 Å². The number of nitrogens with one attached hydrogen (secondary N) is 1. The molecule has 1 N–H and O–H groups in total. The molecule has 0 unspecified atom stereocenters. The third kappa shape index (κ3) is 4.02. The van der Waals surface area contributed by atoms with Crippen LogP contribution in [0.15, 0.2) is 24.3 Å². The lowest BCUT2D eigenvalue weighted by molar-refractivity contribution is -0.132. The molecule has 3 aliphatic rings. The van der Waals surface area contributed by atoms with Gasteiger partial charge in [-0.2, -0.15) is 0 Å². The van der Waals surface area contributed by atoms with Gasteiger partial charge in [0.2, 0.25) is 11.8 Å². The Morgan fingerprint density at radius 2 is 1.79 bits per heavy atom. The van der Waals surface area contributed by atoms with Crippen molar-refractivity contribution in [3.05, 3.63) is 35.4 Å². The first-order valence-electron chi connectivity index (χ1n) is 10.9. The van der Waals surface area contributed by atoms with E-state index >= 15 is 0 Å². The molecule has 1 aromatic carbocycles. The van der Waals surface area contributed by atoms with Crippen LogP contribution < -0.4 is 5.32 Å². The zero-order valence-corrected chi connectivity index (χ0v) is 17.3. The molecule has 6 heteroatoms. The van der Waals surface area contributed by atoms with E-state index in [-0.39, 0.29) is 23.8 Å². The molecule has 1 aliphatic carbocycles. The number of amides is 3. The number of likely N-dealkylation sites (tertiary alicyclic amines) is 1. The molecule has 29 heavy (non-hydrogen) atoms. The molecule has 0 radical (unpaired) electrons. The van der Waals surface area contributed by atoms with Crippen LogP contribution in [0.25, 0.3) is 0 Å². The van der Waals surface area contributed by atoms with Crippen LogP contribution in [0.5, 0.6) is 0 Å². The number of piperidine rings is 1. The Morgan fingerprint density at radius 1 is 1.10 bits per heavy atom. The predicted molar refractivity (Wildman–Crippen MR) is 110 cm³/mol.